The van der Waals surface area contributed by atoms with Gasteiger partial charge in [0.1, 0.15) is 41.9 Å². The minimum Gasteiger partial charge on any atom is -0.748 e. The Balaban J connectivity index is 0.000000238. The lowest BCUT2D eigenvalue weighted by molar-refractivity contribution is -0.153. The van der Waals surface area contributed by atoms with E-state index in [9.17, 15) is 141 Å². The largest absolute Gasteiger partial charge is 0.748 e. The van der Waals surface area contributed by atoms with Crippen molar-refractivity contribution in [3.8, 4) is 0 Å². The molecule has 7 saturated carbocycles. The van der Waals surface area contributed by atoms with E-state index in [0.29, 0.717) is 43.9 Å². The zero-order chi connectivity index (χ0) is 107. The lowest BCUT2D eigenvalue weighted by atomic mass is 9.94. The highest BCUT2D eigenvalue weighted by molar-refractivity contribution is 7.87. The van der Waals surface area contributed by atoms with Gasteiger partial charge in [-0.1, -0.05) is 159 Å². The molecule has 0 radical (unpaired) electrons. The first-order valence-electron chi connectivity index (χ1n) is 50.3. The van der Waals surface area contributed by atoms with E-state index >= 15 is 0 Å². The highest BCUT2D eigenvalue weighted by atomic mass is 32.2. The average molecular weight is 2200 g/mol. The Hall–Kier alpha value is -6.96. The molecule has 9 aliphatic rings. The number of alkyl halides is 3. The Morgan fingerprint density at radius 3 is 0.884 bits per heavy atom. The van der Waals surface area contributed by atoms with Crippen molar-refractivity contribution in [3.63, 3.8) is 0 Å². The lowest BCUT2D eigenvalue weighted by Crippen LogP contribution is -2.42. The molecule has 50 heteroatoms. The van der Waals surface area contributed by atoms with Crippen LogP contribution in [0.4, 0.5) is 39.5 Å². The first-order valence-corrected chi connectivity index (χ1v) is 59.7. The summed E-state index contributed by atoms with van der Waals surface area (Å²) in [6, 6.07) is 9.49. The van der Waals surface area contributed by atoms with E-state index in [2.05, 4.69) is 36.6 Å². The second kappa shape index (κ2) is 63.5. The van der Waals surface area contributed by atoms with Gasteiger partial charge in [-0.25, -0.2) is 91.2 Å². The minimum atomic E-state index is -4.91. The Morgan fingerprint density at radius 1 is 0.308 bits per heavy atom. The third-order valence-electron chi connectivity index (χ3n) is 26.2. The molecule has 8 atom stereocenters. The zero-order valence-electron chi connectivity index (χ0n) is 81.8. The summed E-state index contributed by atoms with van der Waals surface area (Å²) in [7, 11) is -27.2. The molecule has 0 heterocycles. The fraction of sp³-hybridized carbons (Fsp3) is 0.719. The molecule has 0 aromatic heterocycles. The molecule has 3 aromatic carbocycles. The highest BCUT2D eigenvalue weighted by Crippen LogP contribution is 2.33. The smallest absolute Gasteiger partial charge is 0.416 e. The predicted molar refractivity (Wildman–Crippen MR) is 513 cm³/mol. The number of rotatable bonds is 42. The van der Waals surface area contributed by atoms with Gasteiger partial charge in [0.25, 0.3) is 0 Å². The Morgan fingerprint density at radius 2 is 0.589 bits per heavy atom. The molecule has 7 fully saturated rings. The molecule has 0 spiro atoms. The number of carbonyl (C=O) groups excluding carboxylic acids is 5. The van der Waals surface area contributed by atoms with Gasteiger partial charge in [-0.2, -0.15) is 13.2 Å². The molecule has 0 saturated heterocycles. The van der Waals surface area contributed by atoms with Crippen molar-refractivity contribution in [2.24, 2.45) is 11.8 Å². The van der Waals surface area contributed by atoms with Crippen molar-refractivity contribution in [1.29, 1.82) is 0 Å². The molecular weight excluding hydrogens is 2060 g/mol. The highest BCUT2D eigenvalue weighted by Gasteiger charge is 2.37. The third kappa shape index (κ3) is 52.9. The summed E-state index contributed by atoms with van der Waals surface area (Å²) < 4.78 is 348. The van der Waals surface area contributed by atoms with Crippen LogP contribution in [0.3, 0.4) is 0 Å². The van der Waals surface area contributed by atoms with E-state index in [0.717, 1.165) is 235 Å². The number of benzene rings is 3. The summed E-state index contributed by atoms with van der Waals surface area (Å²) in [4.78, 5) is 60.4. The van der Waals surface area contributed by atoms with Crippen LogP contribution >= 0.6 is 0 Å². The normalized spacial score (nSPS) is 20.4. The van der Waals surface area contributed by atoms with Crippen LogP contribution in [-0.4, -0.2) is 260 Å². The fourth-order valence-corrected chi connectivity index (χ4v) is 22.5. The van der Waals surface area contributed by atoms with Crippen LogP contribution < -0.4 is 31.9 Å². The minimum absolute atomic E-state index is 0.0154. The van der Waals surface area contributed by atoms with Crippen LogP contribution in [0.2, 0.25) is 0 Å². The second-order valence-electron chi connectivity index (χ2n) is 38.5. The molecule has 0 amide bonds. The number of carbonyl (C=O) groups is 5. The fourth-order valence-electron chi connectivity index (χ4n) is 18.6. The maximum absolute atomic E-state index is 13.7. The topological polar surface area (TPSA) is 556 Å². The molecule has 8 unspecified atom stereocenters. The molecule has 35 nitrogen and oxygen atoms in total. The predicted octanol–water partition coefficient (Wildman–Crippen LogP) is 12.5. The van der Waals surface area contributed by atoms with Crippen molar-refractivity contribution in [2.45, 2.75) is 348 Å². The molecule has 832 valence electrons. The van der Waals surface area contributed by atoms with E-state index < -0.39 is 214 Å². The maximum atomic E-state index is 13.7. The number of allylic oxidation sites excluding steroid dienone is 3. The molecule has 12 rings (SSSR count). The van der Waals surface area contributed by atoms with Crippen molar-refractivity contribution >= 4 is 90.6 Å². The van der Waals surface area contributed by atoms with Crippen LogP contribution in [0.25, 0.3) is 0 Å². The van der Waals surface area contributed by atoms with Gasteiger partial charge in [-0.3, -0.25) is 9.59 Å². The summed E-state index contributed by atoms with van der Waals surface area (Å²) in [5.41, 5.74) is -2.84. The van der Waals surface area contributed by atoms with Gasteiger partial charge in [0.05, 0.1) is 136 Å². The van der Waals surface area contributed by atoms with Crippen LogP contribution in [0, 0.1) is 46.7 Å². The summed E-state index contributed by atoms with van der Waals surface area (Å²) in [5, 5.41) is 19.1. The summed E-state index contributed by atoms with van der Waals surface area (Å²) in [6.45, 7) is 0.655. The van der Waals surface area contributed by atoms with Crippen LogP contribution in [0.5, 0.6) is 0 Å². The van der Waals surface area contributed by atoms with Gasteiger partial charge >= 0.3 is 36.0 Å². The van der Waals surface area contributed by atoms with Gasteiger partial charge in [-0.05, 0) is 177 Å². The van der Waals surface area contributed by atoms with E-state index in [1.165, 1.54) is 57.1 Å². The van der Waals surface area contributed by atoms with Gasteiger partial charge in [0, 0.05) is 75.5 Å². The Labute approximate surface area is 851 Å². The zero-order valence-corrected chi connectivity index (χ0v) is 86.7. The summed E-state index contributed by atoms with van der Waals surface area (Å²) in [6.07, 6.45) is 39.1. The molecular formula is C96H139F9N6O29S6-6. The average Bonchev–Trinajstić information content (AvgIpc) is 0.782. The molecule has 3 aromatic rings. The number of ether oxygens (including phenoxy) is 6. The summed E-state index contributed by atoms with van der Waals surface area (Å²) >= 11 is 0. The summed E-state index contributed by atoms with van der Waals surface area (Å²) in [5.74, 6) is -22.3. The van der Waals surface area contributed by atoms with E-state index in [-0.39, 0.29) is 79.9 Å². The molecule has 0 aliphatic heterocycles. The van der Waals surface area contributed by atoms with Crippen molar-refractivity contribution in [2.75, 3.05) is 73.8 Å². The van der Waals surface area contributed by atoms with E-state index in [1.54, 1.807) is 0 Å². The Bertz CT molecular complexity index is 5250. The van der Waals surface area contributed by atoms with E-state index in [1.807, 2.05) is 24.3 Å². The number of hydrogen-bond acceptors (Lipinski definition) is 35. The molecule has 6 N–H and O–H groups in total. The molecule has 146 heavy (non-hydrogen) atoms. The number of hydrogen-bond donors (Lipinski definition) is 6. The SMILES string of the molecule is O=C(OC(CNC1CCCCC1)CS(=O)(=O)[O-])C1C=CCCC1.O=C(OC(CNC1CCCCC1)CS(=O)(=O)[O-])C1CC=CCC1.O=C(OC(CNC1CCCCC1)CS(=O)(=O)[O-])c1c(F)c(F)c(F)c(F)c1F.O=C(OC(CNC1CCCCC1)CS(=O)(=O)[O-])c1ccc(C(F)(F)F)cc1.O=C(OC(CNC1CCCCC1)CS(=O)(=O)[O-])c1ccc(F)cc1.O=S(=O)([O-])CC(CNC1CCCCC1)OC1CCCCC1. The maximum Gasteiger partial charge on any atom is 0.416 e. The van der Waals surface area contributed by atoms with E-state index in [4.69, 9.17) is 23.7 Å². The third-order valence-corrected chi connectivity index (χ3v) is 30.9. The lowest BCUT2D eigenvalue weighted by Gasteiger charge is -2.30. The number of halogens is 9. The van der Waals surface area contributed by atoms with Crippen molar-refractivity contribution in [3.05, 3.63) is 130 Å². The van der Waals surface area contributed by atoms with Gasteiger partial charge in [0.15, 0.2) is 23.3 Å². The standard InChI is InChI=1S/C17H22F3NO5S.C16H18F5NO5S.C16H22FNO5S.2C16H27NO5S.C15H29NO4S/c18-17(19,20)13-8-6-12(7-9-13)16(22)26-15(11-27(23,24)25)10-21-14-4-2-1-3-5-14;17-11-10(12(18)14(20)15(21)13(11)19)16(23)27-9(7-28(24,25)26)6-22-8-4-2-1-3-5-8;17-13-8-6-12(7-9-13)16(19)23-15(11-24(20,21)22)10-18-14-4-2-1-3-5-14;2*18-16(13-7-3-1-4-8-13)22-15(12-23(19,20)21)11-17-14-9-5-2-6-10-14;17-21(18,19)12-15(20-14-9-5-2-6-10-14)11-16-13-7-3-1-4-8-13/h6-9,14-15,21H,1-5,10-11H2,(H,23,24,25);8-9,22H,1-7H2,(H,24,25,26);6-9,14-15,18H,1-5,10-11H2,(H,20,21,22);3,7,13-15,17H,1-2,4-6,8-12H2,(H,19,20,21);1,3,13-15,17H,2,4-12H2,(H,19,20,21);13-16H,1-12H2,(H,17,18,19)/p-6. The monoisotopic (exact) mass is 2200 g/mol. The molecule has 0 bridgehead atoms. The molecule has 9 aliphatic carbocycles. The van der Waals surface area contributed by atoms with Gasteiger partial charge in [-0.15, -0.1) is 0 Å². The van der Waals surface area contributed by atoms with Gasteiger partial charge < -0.3 is 87.6 Å². The number of esters is 5. The van der Waals surface area contributed by atoms with Crippen LogP contribution in [-0.2, 0) is 105 Å². The van der Waals surface area contributed by atoms with Crippen LogP contribution in [0.15, 0.2) is 72.8 Å². The second-order valence-corrected chi connectivity index (χ2v) is 47.2. The Kier molecular flexibility index (Phi) is 54.8. The van der Waals surface area contributed by atoms with Crippen LogP contribution in [0.1, 0.15) is 300 Å². The first kappa shape index (κ1) is 126. The number of nitrogens with one attached hydrogen (secondary N) is 6. The van der Waals surface area contributed by atoms with Crippen molar-refractivity contribution < 1.29 is 170 Å². The van der Waals surface area contributed by atoms with Gasteiger partial charge in [0.2, 0.25) is 5.82 Å². The van der Waals surface area contributed by atoms with Crippen molar-refractivity contribution in [1.82, 2.24) is 31.9 Å². The quantitative estimate of drug-likeness (QED) is 0.00583. The first-order chi connectivity index (χ1) is 68.8.